The number of aromatic nitrogens is 2. The minimum atomic E-state index is -0.234. The molecule has 3 saturated heterocycles. The molecule has 6 nitrogen and oxygen atoms in total. The first-order valence-corrected chi connectivity index (χ1v) is 11.7. The first kappa shape index (κ1) is 19.3. The largest absolute Gasteiger partial charge is 0.331 e. The molecule has 3 aliphatic heterocycles. The van der Waals surface area contributed by atoms with Crippen molar-refractivity contribution in [3.05, 3.63) is 29.8 Å². The Morgan fingerprint density at radius 2 is 2.10 bits per heavy atom. The topological polar surface area (TPSA) is 53.4 Å². The molecule has 0 unspecified atom stereocenters. The van der Waals surface area contributed by atoms with E-state index in [0.29, 0.717) is 12.0 Å². The molecule has 156 valence electrons. The minimum Gasteiger partial charge on any atom is -0.331 e. The number of benzene rings is 1. The first-order chi connectivity index (χ1) is 14.1. The molecule has 1 aromatic heterocycles. The normalized spacial score (nSPS) is 26.6. The summed E-state index contributed by atoms with van der Waals surface area (Å²) in [6, 6.07) is 5.26. The predicted molar refractivity (Wildman–Crippen MR) is 113 cm³/mol. The van der Waals surface area contributed by atoms with Crippen LogP contribution in [0.2, 0.25) is 0 Å². The Balaban J connectivity index is 1.20. The van der Waals surface area contributed by atoms with Gasteiger partial charge in [-0.3, -0.25) is 9.69 Å². The van der Waals surface area contributed by atoms with Crippen molar-refractivity contribution in [1.29, 1.82) is 0 Å². The van der Waals surface area contributed by atoms with Crippen LogP contribution in [0.25, 0.3) is 11.0 Å². The molecule has 0 bridgehead atoms. The van der Waals surface area contributed by atoms with Gasteiger partial charge in [-0.15, -0.1) is 11.8 Å². The van der Waals surface area contributed by atoms with Gasteiger partial charge in [-0.2, -0.15) is 0 Å². The number of carbonyl (C=O) groups is 1. The number of imidazole rings is 1. The lowest BCUT2D eigenvalue weighted by molar-refractivity contribution is -0.131. The van der Waals surface area contributed by atoms with Crippen LogP contribution < -0.4 is 5.32 Å². The molecule has 2 aromatic rings. The van der Waals surface area contributed by atoms with Crippen LogP contribution in [0.1, 0.15) is 31.0 Å². The fraction of sp³-hybridized carbons (Fsp3) is 0.619. The molecular formula is C21H28FN5OS. The summed E-state index contributed by atoms with van der Waals surface area (Å²) in [5, 5.41) is 3.46. The number of amides is 1. The number of halogens is 1. The van der Waals surface area contributed by atoms with Crippen molar-refractivity contribution >= 4 is 28.7 Å². The van der Waals surface area contributed by atoms with Crippen molar-refractivity contribution in [2.24, 2.45) is 7.05 Å². The van der Waals surface area contributed by atoms with Crippen LogP contribution in [0.3, 0.4) is 0 Å². The highest BCUT2D eigenvalue weighted by Gasteiger charge is 2.37. The smallest absolute Gasteiger partial charge is 0.240 e. The number of likely N-dealkylation sites (tertiary alicyclic amines) is 1. The zero-order valence-corrected chi connectivity index (χ0v) is 17.6. The summed E-state index contributed by atoms with van der Waals surface area (Å²) < 4.78 is 15.7. The van der Waals surface area contributed by atoms with Crippen LogP contribution in [0.4, 0.5) is 4.39 Å². The van der Waals surface area contributed by atoms with Gasteiger partial charge in [0.25, 0.3) is 0 Å². The number of rotatable bonds is 3. The maximum Gasteiger partial charge on any atom is 0.240 e. The molecule has 2 atom stereocenters. The van der Waals surface area contributed by atoms with Crippen molar-refractivity contribution in [2.45, 2.75) is 37.3 Å². The minimum absolute atomic E-state index is 0.0221. The average molecular weight is 418 g/mol. The van der Waals surface area contributed by atoms with Crippen molar-refractivity contribution in [3.63, 3.8) is 0 Å². The van der Waals surface area contributed by atoms with E-state index in [2.05, 4.69) is 14.8 Å². The van der Waals surface area contributed by atoms with Crippen molar-refractivity contribution in [2.75, 3.05) is 37.8 Å². The van der Waals surface area contributed by atoms with Gasteiger partial charge in [0.2, 0.25) is 5.91 Å². The van der Waals surface area contributed by atoms with E-state index in [9.17, 15) is 9.18 Å². The van der Waals surface area contributed by atoms with Crippen LogP contribution in [-0.2, 0) is 11.8 Å². The fourth-order valence-corrected chi connectivity index (χ4v) is 6.03. The number of thioether (sulfide) groups is 1. The van der Waals surface area contributed by atoms with E-state index >= 15 is 0 Å². The van der Waals surface area contributed by atoms with E-state index in [0.717, 1.165) is 73.9 Å². The Morgan fingerprint density at radius 1 is 1.28 bits per heavy atom. The molecule has 4 heterocycles. The Hall–Kier alpha value is -1.64. The van der Waals surface area contributed by atoms with Gasteiger partial charge in [0, 0.05) is 43.9 Å². The molecule has 5 rings (SSSR count). The van der Waals surface area contributed by atoms with E-state index in [1.54, 1.807) is 0 Å². The summed E-state index contributed by atoms with van der Waals surface area (Å²) in [4.78, 5) is 21.9. The maximum atomic E-state index is 13.5. The van der Waals surface area contributed by atoms with Gasteiger partial charge < -0.3 is 14.8 Å². The van der Waals surface area contributed by atoms with Crippen molar-refractivity contribution in [1.82, 2.24) is 24.7 Å². The van der Waals surface area contributed by atoms with Crippen molar-refractivity contribution in [3.8, 4) is 0 Å². The van der Waals surface area contributed by atoms with Crippen LogP contribution in [0, 0.1) is 5.82 Å². The number of hydrogen-bond donors (Lipinski definition) is 1. The molecule has 0 saturated carbocycles. The van der Waals surface area contributed by atoms with Gasteiger partial charge in [0.1, 0.15) is 11.6 Å². The molecule has 0 spiro atoms. The monoisotopic (exact) mass is 417 g/mol. The number of piperidine rings is 1. The SMILES string of the molecule is Cn1c(C2CCN([C@@H]3CN[C@H](C(=O)N4CCSC4)C3)CC2)nc2cc(F)ccc21. The third-order valence-electron chi connectivity index (χ3n) is 6.76. The Bertz CT molecular complexity index is 904. The van der Waals surface area contributed by atoms with Crippen LogP contribution in [0.15, 0.2) is 18.2 Å². The van der Waals surface area contributed by atoms with E-state index in [1.165, 1.54) is 12.1 Å². The summed E-state index contributed by atoms with van der Waals surface area (Å²) in [5.41, 5.74) is 1.73. The lowest BCUT2D eigenvalue weighted by Gasteiger charge is -2.35. The molecule has 1 amide bonds. The molecule has 29 heavy (non-hydrogen) atoms. The summed E-state index contributed by atoms with van der Waals surface area (Å²) in [5.74, 6) is 3.41. The highest BCUT2D eigenvalue weighted by molar-refractivity contribution is 7.99. The first-order valence-electron chi connectivity index (χ1n) is 10.6. The van der Waals surface area contributed by atoms with Crippen molar-refractivity contribution < 1.29 is 9.18 Å². The molecule has 0 aliphatic carbocycles. The number of fused-ring (bicyclic) bond motifs is 1. The second kappa shape index (κ2) is 7.89. The second-order valence-corrected chi connectivity index (χ2v) is 9.54. The molecule has 0 radical (unpaired) electrons. The van der Waals surface area contributed by atoms with Gasteiger partial charge in [0.05, 0.1) is 23.0 Å². The standard InChI is InChI=1S/C21H28FN5OS/c1-25-19-3-2-15(22)10-17(19)24-20(25)14-4-6-26(7-5-14)16-11-18(23-12-16)21(28)27-8-9-29-13-27/h2-3,10,14,16,18,23H,4-9,11-13H2,1H3/t16-,18-/m0/s1. The molecular weight excluding hydrogens is 389 g/mol. The van der Waals surface area contributed by atoms with E-state index < -0.39 is 0 Å². The number of aryl methyl sites for hydroxylation is 1. The summed E-state index contributed by atoms with van der Waals surface area (Å²) in [7, 11) is 2.03. The maximum absolute atomic E-state index is 13.5. The van der Waals surface area contributed by atoms with E-state index in [1.807, 2.05) is 29.8 Å². The predicted octanol–water partition coefficient (Wildman–Crippen LogP) is 2.16. The van der Waals surface area contributed by atoms with Gasteiger partial charge in [-0.05, 0) is 44.5 Å². The summed E-state index contributed by atoms with van der Waals surface area (Å²) in [6.07, 6.45) is 3.02. The van der Waals surface area contributed by atoms with E-state index in [-0.39, 0.29) is 17.8 Å². The Morgan fingerprint density at radius 3 is 2.86 bits per heavy atom. The van der Waals surface area contributed by atoms with Crippen LogP contribution in [0.5, 0.6) is 0 Å². The molecule has 3 fully saturated rings. The van der Waals surface area contributed by atoms with Gasteiger partial charge in [-0.25, -0.2) is 9.37 Å². The number of nitrogens with zero attached hydrogens (tertiary/aromatic N) is 4. The van der Waals surface area contributed by atoms with E-state index in [4.69, 9.17) is 4.98 Å². The average Bonchev–Trinajstić information content (AvgIpc) is 3.48. The molecule has 8 heteroatoms. The van der Waals surface area contributed by atoms with Gasteiger partial charge >= 0.3 is 0 Å². The van der Waals surface area contributed by atoms with Crippen LogP contribution in [-0.4, -0.2) is 75.2 Å². The highest BCUT2D eigenvalue weighted by atomic mass is 32.2. The number of hydrogen-bond acceptors (Lipinski definition) is 5. The lowest BCUT2D eigenvalue weighted by atomic mass is 9.94. The molecule has 1 aromatic carbocycles. The lowest BCUT2D eigenvalue weighted by Crippen LogP contribution is -2.42. The zero-order chi connectivity index (χ0) is 20.0. The summed E-state index contributed by atoms with van der Waals surface area (Å²) >= 11 is 1.84. The summed E-state index contributed by atoms with van der Waals surface area (Å²) in [6.45, 7) is 3.83. The molecule has 3 aliphatic rings. The quantitative estimate of drug-likeness (QED) is 0.830. The fourth-order valence-electron chi connectivity index (χ4n) is 5.07. The third-order valence-corrected chi connectivity index (χ3v) is 7.72. The van der Waals surface area contributed by atoms with Crippen LogP contribution >= 0.6 is 11.8 Å². The Kier molecular flexibility index (Phi) is 5.26. The number of carbonyl (C=O) groups excluding carboxylic acids is 1. The molecule has 1 N–H and O–H groups in total. The zero-order valence-electron chi connectivity index (χ0n) is 16.8. The number of nitrogens with one attached hydrogen (secondary N) is 1. The highest BCUT2D eigenvalue weighted by Crippen LogP contribution is 2.31. The van der Waals surface area contributed by atoms with Gasteiger partial charge in [-0.1, -0.05) is 0 Å². The third kappa shape index (κ3) is 3.66. The van der Waals surface area contributed by atoms with Gasteiger partial charge in [0.15, 0.2) is 0 Å². The Labute approximate surface area is 174 Å². The second-order valence-electron chi connectivity index (χ2n) is 8.46.